The van der Waals surface area contributed by atoms with Gasteiger partial charge in [0.05, 0.1) is 17.0 Å². The van der Waals surface area contributed by atoms with Crippen LogP contribution in [0.5, 0.6) is 5.75 Å². The van der Waals surface area contributed by atoms with Crippen molar-refractivity contribution in [2.75, 3.05) is 13.2 Å². The van der Waals surface area contributed by atoms with E-state index in [0.717, 1.165) is 4.31 Å². The van der Waals surface area contributed by atoms with E-state index in [1.54, 1.807) is 6.92 Å². The number of β-amino-alcohol motifs (C(OH)–C–C–N with tert-alkyl or cyclic N) is 1. The number of benzene rings is 1. The standard InChI is InChI=1S/C17H23N3O6S/c1-12(18)3-2-10-26-14-5-7-15(8-6-14)27(24,25)20-11-13(21)4-9-16(20)17(22)19-23/h5-8,12-13,16,21,23H,4,9-11,18H2,1H3,(H,19,22). The van der Waals surface area contributed by atoms with Gasteiger partial charge in [-0.05, 0) is 44.0 Å². The van der Waals surface area contributed by atoms with Crippen LogP contribution in [0.2, 0.25) is 0 Å². The van der Waals surface area contributed by atoms with Gasteiger partial charge in [0, 0.05) is 6.54 Å². The van der Waals surface area contributed by atoms with Gasteiger partial charge in [0.2, 0.25) is 10.0 Å². The van der Waals surface area contributed by atoms with Gasteiger partial charge in [-0.1, -0.05) is 11.8 Å². The monoisotopic (exact) mass is 397 g/mol. The average molecular weight is 397 g/mol. The number of aliphatic hydroxyl groups excluding tert-OH is 1. The van der Waals surface area contributed by atoms with Crippen molar-refractivity contribution in [1.82, 2.24) is 9.79 Å². The van der Waals surface area contributed by atoms with Gasteiger partial charge in [-0.3, -0.25) is 10.0 Å². The number of nitrogens with two attached hydrogens (primary N) is 1. The molecular weight excluding hydrogens is 374 g/mol. The van der Waals surface area contributed by atoms with Crippen molar-refractivity contribution >= 4 is 15.9 Å². The molecule has 9 nitrogen and oxygen atoms in total. The van der Waals surface area contributed by atoms with Crippen LogP contribution in [0.15, 0.2) is 29.2 Å². The van der Waals surface area contributed by atoms with Crippen LogP contribution < -0.4 is 16.0 Å². The van der Waals surface area contributed by atoms with Gasteiger partial charge < -0.3 is 15.6 Å². The number of nitrogens with one attached hydrogen (secondary N) is 1. The molecule has 1 aromatic rings. The van der Waals surface area contributed by atoms with Crippen LogP contribution >= 0.6 is 0 Å². The van der Waals surface area contributed by atoms with Crippen LogP contribution in [0, 0.1) is 11.8 Å². The van der Waals surface area contributed by atoms with E-state index in [9.17, 15) is 18.3 Å². The molecule has 3 atom stereocenters. The summed E-state index contributed by atoms with van der Waals surface area (Å²) in [6.07, 6.45) is -0.514. The molecule has 1 saturated heterocycles. The lowest BCUT2D eigenvalue weighted by molar-refractivity contribution is -0.135. The molecule has 27 heavy (non-hydrogen) atoms. The number of hydrogen-bond donors (Lipinski definition) is 4. The topological polar surface area (TPSA) is 142 Å². The summed E-state index contributed by atoms with van der Waals surface area (Å²) in [6, 6.07) is 4.29. The summed E-state index contributed by atoms with van der Waals surface area (Å²) >= 11 is 0. The molecule has 1 aliphatic heterocycles. The highest BCUT2D eigenvalue weighted by Crippen LogP contribution is 2.27. The summed E-state index contributed by atoms with van der Waals surface area (Å²) in [4.78, 5) is 11.8. The second-order valence-corrected chi connectivity index (χ2v) is 8.06. The predicted molar refractivity (Wildman–Crippen MR) is 96.2 cm³/mol. The molecule has 5 N–H and O–H groups in total. The van der Waals surface area contributed by atoms with Crippen molar-refractivity contribution in [3.63, 3.8) is 0 Å². The number of amides is 1. The first-order valence-corrected chi connectivity index (χ1v) is 9.80. The number of hydroxylamine groups is 1. The Balaban J connectivity index is 2.17. The van der Waals surface area contributed by atoms with Crippen molar-refractivity contribution in [1.29, 1.82) is 0 Å². The van der Waals surface area contributed by atoms with Crippen LogP contribution in [0.3, 0.4) is 0 Å². The Hall–Kier alpha value is -2.16. The summed E-state index contributed by atoms with van der Waals surface area (Å²) in [7, 11) is -4.05. The molecular formula is C17H23N3O6S. The second kappa shape index (κ2) is 9.16. The first kappa shape index (κ1) is 21.1. The zero-order chi connectivity index (χ0) is 20.0. The van der Waals surface area contributed by atoms with Gasteiger partial charge in [-0.25, -0.2) is 13.9 Å². The fraction of sp³-hybridized carbons (Fsp3) is 0.471. The number of carbonyl (C=O) groups is 1. The number of rotatable bonds is 5. The van der Waals surface area contributed by atoms with E-state index >= 15 is 0 Å². The Bertz CT molecular complexity index is 813. The highest BCUT2D eigenvalue weighted by atomic mass is 32.2. The van der Waals surface area contributed by atoms with Crippen molar-refractivity contribution in [2.24, 2.45) is 5.73 Å². The molecule has 1 fully saturated rings. The SMILES string of the molecule is CC(N)C#CCOc1ccc(S(=O)(=O)N2CC(O)CCC2C(=O)NO)cc1. The number of sulfonamides is 1. The molecule has 1 aliphatic rings. The third kappa shape index (κ3) is 5.41. The van der Waals surface area contributed by atoms with E-state index in [-0.39, 0.29) is 36.9 Å². The van der Waals surface area contributed by atoms with E-state index in [1.807, 2.05) is 0 Å². The van der Waals surface area contributed by atoms with Gasteiger partial charge in [0.25, 0.3) is 5.91 Å². The lowest BCUT2D eigenvalue weighted by Crippen LogP contribution is -2.54. The predicted octanol–water partition coefficient (Wildman–Crippen LogP) is -0.565. The molecule has 0 saturated carbocycles. The zero-order valence-corrected chi connectivity index (χ0v) is 15.6. The quantitative estimate of drug-likeness (QED) is 0.296. The van der Waals surface area contributed by atoms with Gasteiger partial charge in [-0.15, -0.1) is 0 Å². The minimum absolute atomic E-state index is 0.0543. The minimum Gasteiger partial charge on any atom is -0.481 e. The molecule has 0 spiro atoms. The maximum atomic E-state index is 12.9. The summed E-state index contributed by atoms with van der Waals surface area (Å²) in [5, 5.41) is 18.7. The van der Waals surface area contributed by atoms with Gasteiger partial charge in [-0.2, -0.15) is 4.31 Å². The van der Waals surface area contributed by atoms with Crippen LogP contribution in [-0.2, 0) is 14.8 Å². The number of aliphatic hydroxyl groups is 1. The maximum absolute atomic E-state index is 12.9. The number of ether oxygens (including phenoxy) is 1. The van der Waals surface area contributed by atoms with Crippen molar-refractivity contribution < 1.29 is 28.3 Å². The van der Waals surface area contributed by atoms with Gasteiger partial charge in [0.1, 0.15) is 18.4 Å². The fourth-order valence-electron chi connectivity index (χ4n) is 2.69. The van der Waals surface area contributed by atoms with Crippen molar-refractivity contribution in [3.8, 4) is 17.6 Å². The average Bonchev–Trinajstić information content (AvgIpc) is 2.64. The minimum atomic E-state index is -4.05. The highest BCUT2D eigenvalue weighted by molar-refractivity contribution is 7.89. The third-order valence-electron chi connectivity index (χ3n) is 4.00. The molecule has 0 aliphatic carbocycles. The summed E-state index contributed by atoms with van der Waals surface area (Å²) in [5.41, 5.74) is 6.98. The number of piperidine rings is 1. The molecule has 1 amide bonds. The van der Waals surface area contributed by atoms with Crippen LogP contribution in [-0.4, -0.2) is 60.3 Å². The largest absolute Gasteiger partial charge is 0.481 e. The third-order valence-corrected chi connectivity index (χ3v) is 5.88. The summed E-state index contributed by atoms with van der Waals surface area (Å²) in [5.74, 6) is 5.07. The first-order valence-electron chi connectivity index (χ1n) is 8.36. The lowest BCUT2D eigenvalue weighted by atomic mass is 10.0. The van der Waals surface area contributed by atoms with Crippen LogP contribution in [0.25, 0.3) is 0 Å². The molecule has 10 heteroatoms. The Morgan fingerprint density at radius 3 is 2.67 bits per heavy atom. The van der Waals surface area contributed by atoms with E-state index in [1.165, 1.54) is 29.7 Å². The summed E-state index contributed by atoms with van der Waals surface area (Å²) < 4.78 is 32.1. The number of carbonyl (C=O) groups excluding carboxylic acids is 1. The zero-order valence-electron chi connectivity index (χ0n) is 14.8. The molecule has 0 bridgehead atoms. The fourth-order valence-corrected chi connectivity index (χ4v) is 4.34. The molecule has 0 radical (unpaired) electrons. The normalized spacial score (nSPS) is 21.6. The maximum Gasteiger partial charge on any atom is 0.261 e. The summed E-state index contributed by atoms with van der Waals surface area (Å²) in [6.45, 7) is 1.63. The van der Waals surface area contributed by atoms with E-state index in [4.69, 9.17) is 15.7 Å². The van der Waals surface area contributed by atoms with Gasteiger partial charge >= 0.3 is 0 Å². The van der Waals surface area contributed by atoms with Crippen LogP contribution in [0.4, 0.5) is 0 Å². The molecule has 1 aromatic carbocycles. The molecule has 3 unspecified atom stereocenters. The molecule has 148 valence electrons. The lowest BCUT2D eigenvalue weighted by Gasteiger charge is -2.35. The Morgan fingerprint density at radius 1 is 1.41 bits per heavy atom. The second-order valence-electron chi connectivity index (χ2n) is 6.17. The van der Waals surface area contributed by atoms with Gasteiger partial charge in [0.15, 0.2) is 0 Å². The Labute approximate surface area is 158 Å². The smallest absolute Gasteiger partial charge is 0.261 e. The van der Waals surface area contributed by atoms with E-state index in [2.05, 4.69) is 11.8 Å². The van der Waals surface area contributed by atoms with E-state index in [0.29, 0.717) is 5.75 Å². The van der Waals surface area contributed by atoms with Crippen LogP contribution in [0.1, 0.15) is 19.8 Å². The molecule has 0 aromatic heterocycles. The Morgan fingerprint density at radius 2 is 2.07 bits per heavy atom. The molecule has 2 rings (SSSR count). The van der Waals surface area contributed by atoms with E-state index < -0.39 is 28.1 Å². The highest BCUT2D eigenvalue weighted by Gasteiger charge is 2.40. The Kier molecular flexibility index (Phi) is 7.18. The number of hydrogen-bond acceptors (Lipinski definition) is 7. The number of nitrogens with zero attached hydrogens (tertiary/aromatic N) is 1. The molecule has 1 heterocycles. The van der Waals surface area contributed by atoms with Crippen molar-refractivity contribution in [2.45, 2.75) is 42.8 Å². The first-order chi connectivity index (χ1) is 12.8. The van der Waals surface area contributed by atoms with Crippen molar-refractivity contribution in [3.05, 3.63) is 24.3 Å².